The molecule has 0 saturated carbocycles. The number of likely N-dealkylation sites (N-methyl/N-ethyl adjacent to an activating group) is 1. The number of hydrogen-bond acceptors (Lipinski definition) is 6. The van der Waals surface area contributed by atoms with Gasteiger partial charge < -0.3 is 19.4 Å². The van der Waals surface area contributed by atoms with Crippen LogP contribution in [0.1, 0.15) is 258 Å². The lowest BCUT2D eigenvalue weighted by molar-refractivity contribution is -0.870. The number of phosphoric acid groups is 1. The number of unbranched alkanes of at least 4 members (excludes halogenated alkanes) is 27. The van der Waals surface area contributed by atoms with Gasteiger partial charge in [0.05, 0.1) is 33.8 Å². The highest BCUT2D eigenvalue weighted by Crippen LogP contribution is 2.43. The van der Waals surface area contributed by atoms with Gasteiger partial charge in [0.25, 0.3) is 0 Å². The second kappa shape index (κ2) is 51.9. The first kappa shape index (κ1) is 69.5. The molecule has 0 radical (unpaired) electrons. The van der Waals surface area contributed by atoms with Crippen LogP contribution in [0.3, 0.4) is 0 Å². The molecule has 418 valence electrons. The van der Waals surface area contributed by atoms with Gasteiger partial charge in [0.2, 0.25) is 5.91 Å². The Kier molecular flexibility index (Phi) is 50.1. The molecule has 3 atom stereocenters. The number of nitrogens with zero attached hydrogens (tertiary/aromatic N) is 1. The van der Waals surface area contributed by atoms with Crippen molar-refractivity contribution in [1.29, 1.82) is 0 Å². The third kappa shape index (κ3) is 52.3. The summed E-state index contributed by atoms with van der Waals surface area (Å²) in [5.41, 5.74) is 0. The van der Waals surface area contributed by atoms with Gasteiger partial charge in [0.15, 0.2) is 0 Å². The quantitative estimate of drug-likeness (QED) is 0.0205. The van der Waals surface area contributed by atoms with Gasteiger partial charge in [-0.1, -0.05) is 216 Å². The summed E-state index contributed by atoms with van der Waals surface area (Å²) in [5, 5.41) is 3.03. The summed E-state index contributed by atoms with van der Waals surface area (Å²) < 4.78 is 30.6. The minimum absolute atomic E-state index is 0.0320. The van der Waals surface area contributed by atoms with E-state index in [0.29, 0.717) is 23.9 Å². The van der Waals surface area contributed by atoms with Gasteiger partial charge in [0.1, 0.15) is 19.3 Å². The molecular formula is C62H114N2O7P+. The van der Waals surface area contributed by atoms with E-state index in [1.54, 1.807) is 0 Å². The maximum absolute atomic E-state index is 13.5. The Labute approximate surface area is 444 Å². The molecule has 0 rings (SSSR count). The third-order valence-corrected chi connectivity index (χ3v) is 13.9. The van der Waals surface area contributed by atoms with Gasteiger partial charge >= 0.3 is 13.8 Å². The van der Waals surface area contributed by atoms with Crippen LogP contribution >= 0.6 is 7.82 Å². The maximum atomic E-state index is 13.5. The van der Waals surface area contributed by atoms with Crippen LogP contribution in [-0.2, 0) is 27.9 Å². The lowest BCUT2D eigenvalue weighted by Crippen LogP contribution is -2.47. The number of quaternary nitrogens is 1. The lowest BCUT2D eigenvalue weighted by atomic mass is 10.1. The molecule has 0 fully saturated rings. The lowest BCUT2D eigenvalue weighted by Gasteiger charge is -2.27. The number of hydrogen-bond donors (Lipinski definition) is 2. The molecule has 0 aliphatic carbocycles. The van der Waals surface area contributed by atoms with Crippen molar-refractivity contribution in [2.75, 3.05) is 40.9 Å². The zero-order valence-corrected chi connectivity index (χ0v) is 48.6. The molecule has 0 aromatic heterocycles. The van der Waals surface area contributed by atoms with Crippen LogP contribution in [0, 0.1) is 0 Å². The molecule has 0 bridgehead atoms. The first-order valence-electron chi connectivity index (χ1n) is 29.8. The molecule has 0 saturated heterocycles. The van der Waals surface area contributed by atoms with Gasteiger partial charge in [0, 0.05) is 12.8 Å². The summed E-state index contributed by atoms with van der Waals surface area (Å²) in [7, 11) is 1.47. The molecular weight excluding hydrogens is 916 g/mol. The Bertz CT molecular complexity index is 1460. The number of carbonyl (C=O) groups is 2. The molecule has 72 heavy (non-hydrogen) atoms. The number of carbonyl (C=O) groups excluding carboxylic acids is 2. The second-order valence-electron chi connectivity index (χ2n) is 21.2. The Balaban J connectivity index is 5.31. The van der Waals surface area contributed by atoms with E-state index in [2.05, 4.69) is 86.8 Å². The van der Waals surface area contributed by atoms with Crippen molar-refractivity contribution >= 4 is 19.7 Å². The number of nitrogens with one attached hydrogen (secondary N) is 1. The van der Waals surface area contributed by atoms with Crippen LogP contribution in [0.5, 0.6) is 0 Å². The topological polar surface area (TPSA) is 111 Å². The fourth-order valence-corrected chi connectivity index (χ4v) is 8.95. The summed E-state index contributed by atoms with van der Waals surface area (Å²) in [6.45, 7) is 6.94. The number of allylic oxidation sites excluding steroid dienone is 11. The van der Waals surface area contributed by atoms with E-state index >= 15 is 0 Å². The fraction of sp³-hybridized carbons (Fsp3) is 0.774. The van der Waals surface area contributed by atoms with Crippen molar-refractivity contribution in [3.8, 4) is 0 Å². The monoisotopic (exact) mass is 1030 g/mol. The average Bonchev–Trinajstić information content (AvgIpc) is 3.34. The summed E-state index contributed by atoms with van der Waals surface area (Å²) in [6, 6.07) is -0.865. The van der Waals surface area contributed by atoms with Crippen molar-refractivity contribution in [1.82, 2.24) is 5.32 Å². The number of rotatable bonds is 53. The number of ether oxygens (including phenoxy) is 1. The van der Waals surface area contributed by atoms with Gasteiger partial charge in [-0.05, 0) is 102 Å². The van der Waals surface area contributed by atoms with E-state index in [9.17, 15) is 19.0 Å². The third-order valence-electron chi connectivity index (χ3n) is 12.9. The molecule has 9 nitrogen and oxygen atoms in total. The Morgan fingerprint density at radius 2 is 0.847 bits per heavy atom. The maximum Gasteiger partial charge on any atom is 0.472 e. The molecule has 3 unspecified atom stereocenters. The van der Waals surface area contributed by atoms with Gasteiger partial charge in [-0.25, -0.2) is 4.57 Å². The first-order chi connectivity index (χ1) is 34.9. The SMILES string of the molecule is CCCCC/C=C\C/C=C\C/C=C\C/C=C\CCCCCCCC(=O)OC(/C=C\CCCCCCCCCCC)C(COP(=O)(O)OCC[N+](C)(C)C)NC(=O)CCCCC/C=C\CCCCCCCCC. The highest BCUT2D eigenvalue weighted by molar-refractivity contribution is 7.47. The number of esters is 1. The van der Waals surface area contributed by atoms with E-state index in [4.69, 9.17) is 13.8 Å². The molecule has 0 aromatic carbocycles. The Hall–Kier alpha value is -2.55. The first-order valence-corrected chi connectivity index (χ1v) is 31.3. The Morgan fingerprint density at radius 1 is 0.486 bits per heavy atom. The highest BCUT2D eigenvalue weighted by Gasteiger charge is 2.30. The molecule has 0 heterocycles. The second-order valence-corrected chi connectivity index (χ2v) is 22.6. The van der Waals surface area contributed by atoms with Crippen molar-refractivity contribution in [3.63, 3.8) is 0 Å². The molecule has 0 aliphatic heterocycles. The number of phosphoric ester groups is 1. The van der Waals surface area contributed by atoms with Crippen LogP contribution in [0.2, 0.25) is 0 Å². The summed E-state index contributed by atoms with van der Waals surface area (Å²) >= 11 is 0. The van der Waals surface area contributed by atoms with E-state index < -0.39 is 20.0 Å². The van der Waals surface area contributed by atoms with E-state index in [1.807, 2.05) is 33.3 Å². The smallest absolute Gasteiger partial charge is 0.456 e. The largest absolute Gasteiger partial charge is 0.472 e. The Morgan fingerprint density at radius 3 is 1.32 bits per heavy atom. The van der Waals surface area contributed by atoms with Crippen LogP contribution in [-0.4, -0.2) is 74.3 Å². The van der Waals surface area contributed by atoms with Crippen molar-refractivity contribution in [3.05, 3.63) is 72.9 Å². The molecule has 10 heteroatoms. The van der Waals surface area contributed by atoms with Crippen LogP contribution in [0.15, 0.2) is 72.9 Å². The molecule has 0 aliphatic rings. The standard InChI is InChI=1S/C62H113N2O7P/c1-7-10-13-16-19-22-25-27-29-30-31-32-33-34-35-37-40-43-46-49-52-55-62(66)71-60(53-50-47-44-41-38-24-21-18-15-12-9-3)59(58-70-72(67,68)69-57-56-64(4,5)6)63-61(65)54-51-48-45-42-39-36-28-26-23-20-17-14-11-8-2/h19,22,27,29,31-32,34-36,39,50,53,59-60H,7-18,20-21,23-26,28,30,33,37-38,40-49,51-52,54-58H2,1-6H3,(H-,63,65,67,68)/p+1/b22-19-,29-27-,32-31-,35-34-,39-36-,53-50-. The van der Waals surface area contributed by atoms with Crippen LogP contribution in [0.25, 0.3) is 0 Å². The van der Waals surface area contributed by atoms with Gasteiger partial charge in [-0.15, -0.1) is 0 Å². The number of amides is 1. The summed E-state index contributed by atoms with van der Waals surface area (Å²) in [6.07, 6.45) is 66.1. The highest BCUT2D eigenvalue weighted by atomic mass is 31.2. The zero-order chi connectivity index (χ0) is 52.9. The van der Waals surface area contributed by atoms with Gasteiger partial charge in [-0.2, -0.15) is 0 Å². The van der Waals surface area contributed by atoms with E-state index in [-0.39, 0.29) is 31.5 Å². The predicted molar refractivity (Wildman–Crippen MR) is 309 cm³/mol. The molecule has 0 spiro atoms. The minimum Gasteiger partial charge on any atom is -0.456 e. The average molecular weight is 1030 g/mol. The molecule has 1 amide bonds. The van der Waals surface area contributed by atoms with Crippen LogP contribution in [0.4, 0.5) is 0 Å². The molecule has 0 aromatic rings. The van der Waals surface area contributed by atoms with Crippen molar-refractivity contribution < 1.29 is 37.3 Å². The van der Waals surface area contributed by atoms with E-state index in [1.165, 1.54) is 116 Å². The van der Waals surface area contributed by atoms with Crippen molar-refractivity contribution in [2.45, 2.75) is 270 Å². The minimum atomic E-state index is -4.45. The summed E-state index contributed by atoms with van der Waals surface area (Å²) in [4.78, 5) is 37.6. The zero-order valence-electron chi connectivity index (χ0n) is 47.7. The van der Waals surface area contributed by atoms with Crippen LogP contribution < -0.4 is 5.32 Å². The van der Waals surface area contributed by atoms with E-state index in [0.717, 1.165) is 103 Å². The van der Waals surface area contributed by atoms with Crippen molar-refractivity contribution in [2.24, 2.45) is 0 Å². The van der Waals surface area contributed by atoms with Gasteiger partial charge in [-0.3, -0.25) is 18.6 Å². The fourth-order valence-electron chi connectivity index (χ4n) is 8.21. The summed E-state index contributed by atoms with van der Waals surface area (Å²) in [5.74, 6) is -0.546. The predicted octanol–water partition coefficient (Wildman–Crippen LogP) is 18.1. The molecule has 2 N–H and O–H groups in total. The normalized spacial score (nSPS) is 14.3.